The van der Waals surface area contributed by atoms with Gasteiger partial charge in [-0.05, 0) is 55.3 Å². The highest BCUT2D eigenvalue weighted by molar-refractivity contribution is 6.22. The van der Waals surface area contributed by atoms with Crippen molar-refractivity contribution in [3.63, 3.8) is 0 Å². The average molecular weight is 562 g/mol. The Morgan fingerprint density at radius 2 is 1.57 bits per heavy atom. The number of amidine groups is 1. The van der Waals surface area contributed by atoms with Crippen molar-refractivity contribution in [1.29, 1.82) is 0 Å². The number of hydrogen-bond donors (Lipinski definition) is 1. The smallest absolute Gasteiger partial charge is 0.336 e. The van der Waals surface area contributed by atoms with Gasteiger partial charge in [0.2, 0.25) is 11.3 Å². The number of fused-ring (bicyclic) bond motifs is 2. The number of nitrogens with zero attached hydrogens (tertiary/aromatic N) is 3. The highest BCUT2D eigenvalue weighted by Crippen LogP contribution is 2.34. The first-order chi connectivity index (χ1) is 20.1. The summed E-state index contributed by atoms with van der Waals surface area (Å²) in [7, 11) is 0. The predicted molar refractivity (Wildman–Crippen MR) is 157 cm³/mol. The molecule has 0 unspecified atom stereocenters. The summed E-state index contributed by atoms with van der Waals surface area (Å²) in [6.45, 7) is 4.75. The zero-order valence-corrected chi connectivity index (χ0v) is 22.7. The fourth-order valence-corrected chi connectivity index (χ4v) is 4.97. The van der Waals surface area contributed by atoms with Crippen molar-refractivity contribution in [3.05, 3.63) is 121 Å². The van der Waals surface area contributed by atoms with Crippen molar-refractivity contribution in [2.45, 2.75) is 20.8 Å². The minimum Gasteiger partial charge on any atom is -0.480 e. The van der Waals surface area contributed by atoms with Crippen molar-refractivity contribution < 1.29 is 23.5 Å². The van der Waals surface area contributed by atoms with E-state index in [2.05, 4.69) is 4.99 Å². The third kappa shape index (κ3) is 4.35. The van der Waals surface area contributed by atoms with Gasteiger partial charge in [0, 0.05) is 23.9 Å². The zero-order valence-electron chi connectivity index (χ0n) is 22.7. The lowest BCUT2D eigenvalue weighted by molar-refractivity contribution is -0.141. The Hall–Kier alpha value is -5.77. The summed E-state index contributed by atoms with van der Waals surface area (Å²) < 4.78 is 10.8. The van der Waals surface area contributed by atoms with E-state index in [0.717, 1.165) is 11.1 Å². The summed E-state index contributed by atoms with van der Waals surface area (Å²) in [4.78, 5) is 57.0. The molecule has 1 N–H and O–H groups in total. The molecule has 10 heteroatoms. The van der Waals surface area contributed by atoms with E-state index in [1.807, 2.05) is 6.07 Å². The highest BCUT2D eigenvalue weighted by Gasteiger charge is 2.38. The Kier molecular flexibility index (Phi) is 6.30. The molecule has 0 saturated heterocycles. The van der Waals surface area contributed by atoms with Crippen LogP contribution in [0.2, 0.25) is 0 Å². The molecular weight excluding hydrogens is 538 g/mol. The lowest BCUT2D eigenvalue weighted by atomic mass is 10.1. The molecule has 1 aliphatic heterocycles. The number of carbonyl (C=O) groups is 2. The van der Waals surface area contributed by atoms with Gasteiger partial charge >= 0.3 is 5.63 Å². The molecular formula is C32H23N3O7. The molecule has 5 aromatic rings. The van der Waals surface area contributed by atoms with Crippen LogP contribution in [0.1, 0.15) is 29.2 Å². The molecule has 0 aliphatic carbocycles. The van der Waals surface area contributed by atoms with Crippen LogP contribution in [0.4, 0.5) is 5.69 Å². The van der Waals surface area contributed by atoms with Gasteiger partial charge in [0.1, 0.15) is 22.4 Å². The SMILES string of the molecule is CC(=O)N1C(=O)/C(=C\c2c(O)oc3ccccc3c2=O)N=C(c2ccccc2)N1c1cc2c(C)cc(=O)oc2cc1C. The number of aliphatic imine (C=N–C) groups is 1. The van der Waals surface area contributed by atoms with Gasteiger partial charge in [-0.15, -0.1) is 0 Å². The second-order valence-electron chi connectivity index (χ2n) is 9.81. The number of benzene rings is 3. The number of hydrogen-bond acceptors (Lipinski definition) is 9. The van der Waals surface area contributed by atoms with Gasteiger partial charge in [0.05, 0.1) is 11.1 Å². The van der Waals surface area contributed by atoms with Gasteiger partial charge in [-0.25, -0.2) is 14.8 Å². The Balaban J connectivity index is 1.64. The number of aryl methyl sites for hydroxylation is 2. The minimum absolute atomic E-state index is 0.181. The van der Waals surface area contributed by atoms with E-state index in [9.17, 15) is 24.3 Å². The van der Waals surface area contributed by atoms with E-state index in [1.54, 1.807) is 74.5 Å². The van der Waals surface area contributed by atoms with Crippen molar-refractivity contribution in [3.8, 4) is 5.95 Å². The zero-order chi connectivity index (χ0) is 29.7. The number of amides is 2. The van der Waals surface area contributed by atoms with E-state index in [1.165, 1.54) is 18.0 Å². The Morgan fingerprint density at radius 3 is 2.31 bits per heavy atom. The maximum atomic E-state index is 13.9. The van der Waals surface area contributed by atoms with Gasteiger partial charge in [-0.2, -0.15) is 5.01 Å². The van der Waals surface area contributed by atoms with Crippen LogP contribution in [0.5, 0.6) is 5.95 Å². The standard InChI is InChI=1S/C32H23N3O7/c1-17-14-28(37)41-27-13-18(2)25(16-22(17)27)35-30(20-9-5-4-6-10-20)33-24(31(39)34(35)19(3)36)15-23-29(38)21-11-7-8-12-26(21)42-32(23)40/h4-16,40H,1-3H3/b24-15+. The molecule has 0 radical (unpaired) electrons. The normalized spacial score (nSPS) is 14.6. The summed E-state index contributed by atoms with van der Waals surface area (Å²) in [6, 6.07) is 20.0. The van der Waals surface area contributed by atoms with Gasteiger partial charge in [-0.3, -0.25) is 14.4 Å². The Morgan fingerprint density at radius 1 is 0.857 bits per heavy atom. The van der Waals surface area contributed by atoms with E-state index in [0.29, 0.717) is 33.3 Å². The van der Waals surface area contributed by atoms with E-state index in [-0.39, 0.29) is 28.1 Å². The fourth-order valence-electron chi connectivity index (χ4n) is 4.97. The largest absolute Gasteiger partial charge is 0.480 e. The Bertz CT molecular complexity index is 2120. The predicted octanol–water partition coefficient (Wildman–Crippen LogP) is 4.82. The number of imide groups is 1. The summed E-state index contributed by atoms with van der Waals surface area (Å²) in [6.07, 6.45) is 1.12. The molecule has 6 rings (SSSR count). The second-order valence-corrected chi connectivity index (χ2v) is 9.81. The first kappa shape index (κ1) is 26.5. The fraction of sp³-hybridized carbons (Fsp3) is 0.0938. The monoisotopic (exact) mass is 561 g/mol. The molecule has 3 aromatic carbocycles. The molecule has 3 heterocycles. The molecule has 0 saturated carbocycles. The number of aromatic hydroxyl groups is 1. The highest BCUT2D eigenvalue weighted by atomic mass is 16.5. The van der Waals surface area contributed by atoms with Crippen LogP contribution in [0.25, 0.3) is 28.0 Å². The maximum absolute atomic E-state index is 13.9. The molecule has 208 valence electrons. The van der Waals surface area contributed by atoms with E-state index in [4.69, 9.17) is 8.83 Å². The lowest BCUT2D eigenvalue weighted by Crippen LogP contribution is -2.56. The van der Waals surface area contributed by atoms with Crippen molar-refractivity contribution in [2.75, 3.05) is 5.01 Å². The maximum Gasteiger partial charge on any atom is 0.336 e. The minimum atomic E-state index is -0.829. The van der Waals surface area contributed by atoms with Crippen molar-refractivity contribution >= 4 is 51.4 Å². The van der Waals surface area contributed by atoms with Crippen LogP contribution in [-0.4, -0.2) is 27.8 Å². The molecule has 2 amide bonds. The summed E-state index contributed by atoms with van der Waals surface area (Å²) >= 11 is 0. The average Bonchev–Trinajstić information content (AvgIpc) is 2.95. The molecule has 42 heavy (non-hydrogen) atoms. The second kappa shape index (κ2) is 10.0. The van der Waals surface area contributed by atoms with Crippen LogP contribution < -0.4 is 16.1 Å². The molecule has 0 fully saturated rings. The molecule has 1 aliphatic rings. The van der Waals surface area contributed by atoms with Crippen molar-refractivity contribution in [2.24, 2.45) is 4.99 Å². The Labute approximate surface area is 238 Å². The third-order valence-electron chi connectivity index (χ3n) is 6.96. The third-order valence-corrected chi connectivity index (χ3v) is 6.96. The lowest BCUT2D eigenvalue weighted by Gasteiger charge is -2.38. The van der Waals surface area contributed by atoms with Crippen LogP contribution in [-0.2, 0) is 9.59 Å². The topological polar surface area (TPSA) is 134 Å². The van der Waals surface area contributed by atoms with Gasteiger partial charge in [0.25, 0.3) is 11.9 Å². The number of hydrazine groups is 1. The number of para-hydroxylation sites is 1. The van der Waals surface area contributed by atoms with E-state index >= 15 is 0 Å². The first-order valence-electron chi connectivity index (χ1n) is 12.9. The van der Waals surface area contributed by atoms with Gasteiger partial charge in [0.15, 0.2) is 5.84 Å². The number of anilines is 1. The molecule has 0 spiro atoms. The first-order valence-corrected chi connectivity index (χ1v) is 12.9. The van der Waals surface area contributed by atoms with Crippen LogP contribution in [0.15, 0.2) is 102 Å². The summed E-state index contributed by atoms with van der Waals surface area (Å²) in [5, 5.41) is 13.7. The summed E-state index contributed by atoms with van der Waals surface area (Å²) in [5.41, 5.74) is 1.19. The van der Waals surface area contributed by atoms with Crippen LogP contribution in [0.3, 0.4) is 0 Å². The molecule has 10 nitrogen and oxygen atoms in total. The number of carbonyl (C=O) groups excluding carboxylic acids is 2. The molecule has 2 aromatic heterocycles. The molecule has 0 bridgehead atoms. The van der Waals surface area contributed by atoms with Crippen molar-refractivity contribution in [1.82, 2.24) is 5.01 Å². The van der Waals surface area contributed by atoms with Gasteiger partial charge in [-0.1, -0.05) is 42.5 Å². The van der Waals surface area contributed by atoms with Crippen LogP contribution >= 0.6 is 0 Å². The van der Waals surface area contributed by atoms with Crippen LogP contribution in [0, 0.1) is 13.8 Å². The van der Waals surface area contributed by atoms with Gasteiger partial charge < -0.3 is 13.9 Å². The quantitative estimate of drug-likeness (QED) is 0.245. The summed E-state index contributed by atoms with van der Waals surface area (Å²) in [5.74, 6) is -1.93. The molecule has 0 atom stereocenters. The number of rotatable bonds is 3. The van der Waals surface area contributed by atoms with E-state index < -0.39 is 28.8 Å².